The first-order valence-corrected chi connectivity index (χ1v) is 13.9. The first-order chi connectivity index (χ1) is 17.7. The number of sulfonamides is 1. The number of rotatable bonds is 7. The Morgan fingerprint density at radius 1 is 1.19 bits per heavy atom. The Bertz CT molecular complexity index is 1520. The van der Waals surface area contributed by atoms with Crippen LogP contribution >= 0.6 is 0 Å². The van der Waals surface area contributed by atoms with Crippen LogP contribution in [-0.4, -0.2) is 61.9 Å². The van der Waals surface area contributed by atoms with Gasteiger partial charge in [-0.3, -0.25) is 4.31 Å². The van der Waals surface area contributed by atoms with E-state index in [-0.39, 0.29) is 6.54 Å². The van der Waals surface area contributed by atoms with Crippen molar-refractivity contribution in [2.24, 2.45) is 0 Å². The number of nitrogens with one attached hydrogen (secondary N) is 2. The van der Waals surface area contributed by atoms with Gasteiger partial charge in [-0.2, -0.15) is 4.98 Å². The quantitative estimate of drug-likeness (QED) is 0.383. The number of nitrogens with zero attached hydrogens (tertiary/aromatic N) is 5. The standard InChI is InChI=1S/C26H30FN7O2S/c1-18-16-33(13-11-28-18)23-7-5-22(6-8-23)30-26-29-15-19-10-12-34(25(19)31-26)17-20-14-21(27)4-9-24(20)32(2)37(3,35)36/h4-10,12,14-15,18,28H,11,13,16-17H2,1-3H3,(H,29,30,31)/t18-/m1/s1. The fourth-order valence-corrected chi connectivity index (χ4v) is 5.10. The summed E-state index contributed by atoms with van der Waals surface area (Å²) in [6.07, 6.45) is 4.68. The SMILES string of the molecule is C[C@@H]1CN(c2ccc(Nc3ncc4ccn(Cc5cc(F)ccc5N(C)S(C)(=O)=O)c4n3)cc2)CCN1. The molecule has 0 bridgehead atoms. The summed E-state index contributed by atoms with van der Waals surface area (Å²) in [4.78, 5) is 11.5. The van der Waals surface area contributed by atoms with E-state index in [4.69, 9.17) is 4.98 Å². The van der Waals surface area contributed by atoms with E-state index in [1.807, 2.05) is 29.0 Å². The Balaban J connectivity index is 1.38. The summed E-state index contributed by atoms with van der Waals surface area (Å²) in [6, 6.07) is 14.6. The van der Waals surface area contributed by atoms with Gasteiger partial charge in [-0.1, -0.05) is 0 Å². The van der Waals surface area contributed by atoms with E-state index in [0.717, 1.165) is 41.3 Å². The molecule has 3 heterocycles. The molecule has 0 unspecified atom stereocenters. The van der Waals surface area contributed by atoms with Gasteiger partial charge in [0.05, 0.1) is 18.5 Å². The molecule has 1 saturated heterocycles. The lowest BCUT2D eigenvalue weighted by Gasteiger charge is -2.33. The molecule has 1 atom stereocenters. The van der Waals surface area contributed by atoms with E-state index in [0.29, 0.717) is 28.9 Å². The van der Waals surface area contributed by atoms with Gasteiger partial charge < -0.3 is 20.1 Å². The molecule has 9 nitrogen and oxygen atoms in total. The molecular formula is C26H30FN7O2S. The van der Waals surface area contributed by atoms with E-state index >= 15 is 0 Å². The van der Waals surface area contributed by atoms with Crippen LogP contribution in [0.5, 0.6) is 0 Å². The van der Waals surface area contributed by atoms with E-state index in [2.05, 4.69) is 39.6 Å². The Morgan fingerprint density at radius 3 is 2.70 bits per heavy atom. The van der Waals surface area contributed by atoms with E-state index < -0.39 is 15.8 Å². The molecule has 194 valence electrons. The van der Waals surface area contributed by atoms with Gasteiger partial charge in [0.2, 0.25) is 16.0 Å². The monoisotopic (exact) mass is 523 g/mol. The van der Waals surface area contributed by atoms with Crippen LogP contribution < -0.4 is 19.8 Å². The third-order valence-electron chi connectivity index (χ3n) is 6.58. The second kappa shape index (κ2) is 9.98. The van der Waals surface area contributed by atoms with Crippen molar-refractivity contribution >= 4 is 44.1 Å². The van der Waals surface area contributed by atoms with Gasteiger partial charge in [-0.25, -0.2) is 17.8 Å². The summed E-state index contributed by atoms with van der Waals surface area (Å²) >= 11 is 0. The van der Waals surface area contributed by atoms with Gasteiger partial charge in [0.25, 0.3) is 0 Å². The van der Waals surface area contributed by atoms with Crippen molar-refractivity contribution in [1.29, 1.82) is 0 Å². The fraction of sp³-hybridized carbons (Fsp3) is 0.308. The third kappa shape index (κ3) is 5.52. The average molecular weight is 524 g/mol. The first kappa shape index (κ1) is 25.0. The Hall–Kier alpha value is -3.70. The van der Waals surface area contributed by atoms with Gasteiger partial charge in [-0.05, 0) is 61.0 Å². The minimum Gasteiger partial charge on any atom is -0.369 e. The summed E-state index contributed by atoms with van der Waals surface area (Å²) in [6.45, 7) is 5.34. The second-order valence-electron chi connectivity index (χ2n) is 9.39. The van der Waals surface area contributed by atoms with Gasteiger partial charge in [0, 0.05) is 61.9 Å². The van der Waals surface area contributed by atoms with Gasteiger partial charge in [0.15, 0.2) is 0 Å². The van der Waals surface area contributed by atoms with Crippen molar-refractivity contribution in [3.63, 3.8) is 0 Å². The molecule has 0 radical (unpaired) electrons. The minimum absolute atomic E-state index is 0.241. The van der Waals surface area contributed by atoms with Crippen LogP contribution in [0.15, 0.2) is 60.9 Å². The van der Waals surface area contributed by atoms with Crippen LogP contribution in [0.1, 0.15) is 12.5 Å². The van der Waals surface area contributed by atoms with E-state index in [9.17, 15) is 12.8 Å². The zero-order valence-corrected chi connectivity index (χ0v) is 21.8. The summed E-state index contributed by atoms with van der Waals surface area (Å²) in [5.41, 5.74) is 3.63. The normalized spacial score (nSPS) is 16.2. The topological polar surface area (TPSA) is 95.4 Å². The highest BCUT2D eigenvalue weighted by Gasteiger charge is 2.18. The molecule has 2 aromatic carbocycles. The number of fused-ring (bicyclic) bond motifs is 1. The zero-order valence-electron chi connectivity index (χ0n) is 21.0. The maximum absolute atomic E-state index is 14.1. The number of benzene rings is 2. The molecule has 0 saturated carbocycles. The largest absolute Gasteiger partial charge is 0.369 e. The van der Waals surface area contributed by atoms with E-state index in [1.54, 1.807) is 6.20 Å². The maximum Gasteiger partial charge on any atom is 0.232 e. The number of hydrogen-bond acceptors (Lipinski definition) is 7. The minimum atomic E-state index is -3.51. The van der Waals surface area contributed by atoms with Gasteiger partial charge in [0.1, 0.15) is 11.5 Å². The Kier molecular flexibility index (Phi) is 6.74. The van der Waals surface area contributed by atoms with Crippen molar-refractivity contribution in [2.45, 2.75) is 19.5 Å². The van der Waals surface area contributed by atoms with Crippen molar-refractivity contribution in [3.05, 3.63) is 72.3 Å². The second-order valence-corrected chi connectivity index (χ2v) is 11.4. The summed E-state index contributed by atoms with van der Waals surface area (Å²) < 4.78 is 41.3. The summed E-state index contributed by atoms with van der Waals surface area (Å²) in [5, 5.41) is 7.54. The highest BCUT2D eigenvalue weighted by Crippen LogP contribution is 2.26. The maximum atomic E-state index is 14.1. The lowest BCUT2D eigenvalue weighted by Crippen LogP contribution is -2.49. The van der Waals surface area contributed by atoms with Crippen molar-refractivity contribution in [1.82, 2.24) is 19.9 Å². The van der Waals surface area contributed by atoms with Crippen LogP contribution in [0.4, 0.5) is 27.4 Å². The molecule has 1 fully saturated rings. The summed E-state index contributed by atoms with van der Waals surface area (Å²) in [7, 11) is -2.05. The number of halogens is 1. The van der Waals surface area contributed by atoms with Crippen LogP contribution in [-0.2, 0) is 16.6 Å². The molecule has 4 aromatic rings. The lowest BCUT2D eigenvalue weighted by molar-refractivity contribution is 0.485. The molecule has 2 aromatic heterocycles. The van der Waals surface area contributed by atoms with Crippen molar-refractivity contribution in [3.8, 4) is 0 Å². The molecule has 0 aliphatic carbocycles. The lowest BCUT2D eigenvalue weighted by atomic mass is 10.1. The fourth-order valence-electron chi connectivity index (χ4n) is 4.56. The molecule has 1 aliphatic rings. The molecule has 5 rings (SSSR count). The van der Waals surface area contributed by atoms with Crippen LogP contribution in [0, 0.1) is 5.82 Å². The smallest absolute Gasteiger partial charge is 0.232 e. The number of hydrogen-bond donors (Lipinski definition) is 2. The zero-order chi connectivity index (χ0) is 26.2. The van der Waals surface area contributed by atoms with Crippen LogP contribution in [0.2, 0.25) is 0 Å². The molecular weight excluding hydrogens is 493 g/mol. The van der Waals surface area contributed by atoms with Crippen molar-refractivity contribution < 1.29 is 12.8 Å². The highest BCUT2D eigenvalue weighted by molar-refractivity contribution is 7.92. The molecule has 37 heavy (non-hydrogen) atoms. The molecule has 11 heteroatoms. The average Bonchev–Trinajstić information content (AvgIpc) is 3.25. The predicted octanol–water partition coefficient (Wildman–Crippen LogP) is 3.56. The summed E-state index contributed by atoms with van der Waals surface area (Å²) in [5.74, 6) is -0.00321. The highest BCUT2D eigenvalue weighted by atomic mass is 32.2. The first-order valence-electron chi connectivity index (χ1n) is 12.1. The molecule has 0 spiro atoms. The van der Waals surface area contributed by atoms with Crippen LogP contribution in [0.3, 0.4) is 0 Å². The number of anilines is 4. The Morgan fingerprint density at radius 2 is 1.97 bits per heavy atom. The van der Waals surface area contributed by atoms with E-state index in [1.165, 1.54) is 30.9 Å². The predicted molar refractivity (Wildman–Crippen MR) is 146 cm³/mol. The number of piperazine rings is 1. The number of aromatic nitrogens is 3. The van der Waals surface area contributed by atoms with Gasteiger partial charge in [-0.15, -0.1) is 0 Å². The van der Waals surface area contributed by atoms with Gasteiger partial charge >= 0.3 is 0 Å². The third-order valence-corrected chi connectivity index (χ3v) is 7.77. The molecule has 2 N–H and O–H groups in total. The Labute approximate surface area is 216 Å². The molecule has 0 amide bonds. The molecule has 1 aliphatic heterocycles. The van der Waals surface area contributed by atoms with Crippen LogP contribution in [0.25, 0.3) is 11.0 Å². The van der Waals surface area contributed by atoms with Crippen molar-refractivity contribution in [2.75, 3.05) is 47.5 Å².